The Morgan fingerprint density at radius 1 is 1.16 bits per heavy atom. The zero-order chi connectivity index (χ0) is 13.2. The first-order valence-corrected chi connectivity index (χ1v) is 7.10. The van der Waals surface area contributed by atoms with E-state index in [2.05, 4.69) is 28.4 Å². The number of amides is 1. The summed E-state index contributed by atoms with van der Waals surface area (Å²) in [6, 6.07) is 6.40. The van der Waals surface area contributed by atoms with Gasteiger partial charge in [-0.15, -0.1) is 0 Å². The van der Waals surface area contributed by atoms with Crippen molar-refractivity contribution in [3.63, 3.8) is 0 Å². The molecule has 2 aliphatic rings. The monoisotopic (exact) mass is 259 g/mol. The minimum atomic E-state index is 0.171. The average molecular weight is 259 g/mol. The molecule has 0 spiro atoms. The first-order valence-electron chi connectivity index (χ1n) is 7.10. The Morgan fingerprint density at radius 2 is 1.95 bits per heavy atom. The first kappa shape index (κ1) is 12.5. The van der Waals surface area contributed by atoms with Crippen molar-refractivity contribution >= 4 is 11.6 Å². The number of anilines is 1. The van der Waals surface area contributed by atoms with Crippen LogP contribution in [0.1, 0.15) is 22.3 Å². The summed E-state index contributed by atoms with van der Waals surface area (Å²) in [5.41, 5.74) is 3.29. The Hall–Kier alpha value is -1.55. The van der Waals surface area contributed by atoms with Crippen molar-refractivity contribution in [3.05, 3.63) is 29.3 Å². The lowest BCUT2D eigenvalue weighted by Crippen LogP contribution is -2.43. The highest BCUT2D eigenvalue weighted by Crippen LogP contribution is 2.24. The summed E-state index contributed by atoms with van der Waals surface area (Å²) >= 11 is 0. The van der Waals surface area contributed by atoms with Crippen LogP contribution in [0.4, 0.5) is 5.69 Å². The van der Waals surface area contributed by atoms with Crippen LogP contribution in [0, 0.1) is 0 Å². The topological polar surface area (TPSA) is 35.6 Å². The fourth-order valence-electron chi connectivity index (χ4n) is 2.92. The molecule has 3 rings (SSSR count). The van der Waals surface area contributed by atoms with E-state index >= 15 is 0 Å². The summed E-state index contributed by atoms with van der Waals surface area (Å²) in [7, 11) is 1.90. The lowest BCUT2D eigenvalue weighted by molar-refractivity contribution is 0.0800. The molecule has 1 aromatic carbocycles. The van der Waals surface area contributed by atoms with Gasteiger partial charge in [0, 0.05) is 51.0 Å². The van der Waals surface area contributed by atoms with Gasteiger partial charge in [0.05, 0.1) is 0 Å². The van der Waals surface area contributed by atoms with E-state index < -0.39 is 0 Å². The molecule has 0 radical (unpaired) electrons. The molecular formula is C15H21N3O. The number of carbonyl (C=O) groups excluding carboxylic acids is 1. The highest BCUT2D eigenvalue weighted by molar-refractivity contribution is 5.97. The molecular weight excluding hydrogens is 238 g/mol. The SMILES string of the molecule is CN1CCCc2ccc(N3CCNCC3)cc2C1=O. The number of aryl methyl sites for hydroxylation is 1. The highest BCUT2D eigenvalue weighted by Gasteiger charge is 2.21. The van der Waals surface area contributed by atoms with Gasteiger partial charge < -0.3 is 15.1 Å². The van der Waals surface area contributed by atoms with E-state index in [1.165, 1.54) is 11.3 Å². The third-order valence-corrected chi connectivity index (χ3v) is 4.09. The molecule has 4 nitrogen and oxygen atoms in total. The van der Waals surface area contributed by atoms with Gasteiger partial charge in [-0.1, -0.05) is 6.07 Å². The molecule has 2 aliphatic heterocycles. The van der Waals surface area contributed by atoms with Crippen LogP contribution < -0.4 is 10.2 Å². The van der Waals surface area contributed by atoms with Gasteiger partial charge in [0.2, 0.25) is 0 Å². The van der Waals surface area contributed by atoms with E-state index in [9.17, 15) is 4.79 Å². The molecule has 0 aromatic heterocycles. The number of rotatable bonds is 1. The van der Waals surface area contributed by atoms with Gasteiger partial charge in [-0.05, 0) is 30.5 Å². The summed E-state index contributed by atoms with van der Waals surface area (Å²) in [5.74, 6) is 0.171. The number of carbonyl (C=O) groups is 1. The van der Waals surface area contributed by atoms with Crippen LogP contribution >= 0.6 is 0 Å². The van der Waals surface area contributed by atoms with Gasteiger partial charge in [-0.25, -0.2) is 0 Å². The summed E-state index contributed by atoms with van der Waals surface area (Å²) in [5, 5.41) is 3.36. The minimum absolute atomic E-state index is 0.171. The Labute approximate surface area is 114 Å². The van der Waals surface area contributed by atoms with E-state index in [0.717, 1.165) is 51.1 Å². The molecule has 1 amide bonds. The van der Waals surface area contributed by atoms with Gasteiger partial charge in [-0.3, -0.25) is 4.79 Å². The first-order chi connectivity index (χ1) is 9.25. The van der Waals surface area contributed by atoms with Crippen molar-refractivity contribution in [2.45, 2.75) is 12.8 Å². The molecule has 0 bridgehead atoms. The third kappa shape index (κ3) is 2.45. The van der Waals surface area contributed by atoms with E-state index in [1.807, 2.05) is 11.9 Å². The molecule has 0 atom stereocenters. The number of piperazine rings is 1. The second kappa shape index (κ2) is 5.21. The maximum atomic E-state index is 12.4. The molecule has 0 aliphatic carbocycles. The number of nitrogens with zero attached hydrogens (tertiary/aromatic N) is 2. The van der Waals surface area contributed by atoms with E-state index in [1.54, 1.807) is 0 Å². The van der Waals surface area contributed by atoms with Gasteiger partial charge in [0.25, 0.3) is 5.91 Å². The normalized spacial score (nSPS) is 20.2. The Balaban J connectivity index is 1.93. The van der Waals surface area contributed by atoms with Crippen LogP contribution in [0.25, 0.3) is 0 Å². The third-order valence-electron chi connectivity index (χ3n) is 4.09. The average Bonchev–Trinajstić information content (AvgIpc) is 2.60. The van der Waals surface area contributed by atoms with Crippen molar-refractivity contribution in [2.75, 3.05) is 44.7 Å². The zero-order valence-electron chi connectivity index (χ0n) is 11.5. The summed E-state index contributed by atoms with van der Waals surface area (Å²) in [6.07, 6.45) is 2.06. The van der Waals surface area contributed by atoms with Crippen molar-refractivity contribution in [3.8, 4) is 0 Å². The molecule has 1 aromatic rings. The number of hydrogen-bond donors (Lipinski definition) is 1. The summed E-state index contributed by atoms with van der Waals surface area (Å²) in [6.45, 7) is 4.93. The minimum Gasteiger partial charge on any atom is -0.369 e. The van der Waals surface area contributed by atoms with Crippen molar-refractivity contribution in [1.29, 1.82) is 0 Å². The lowest BCUT2D eigenvalue weighted by atomic mass is 10.0. The molecule has 19 heavy (non-hydrogen) atoms. The van der Waals surface area contributed by atoms with Gasteiger partial charge in [0.15, 0.2) is 0 Å². The Bertz CT molecular complexity index is 480. The lowest BCUT2D eigenvalue weighted by Gasteiger charge is -2.30. The standard InChI is InChI=1S/C15H21N3O/c1-17-8-2-3-12-4-5-13(11-14(12)15(17)19)18-9-6-16-7-10-18/h4-5,11,16H,2-3,6-10H2,1H3. The van der Waals surface area contributed by atoms with Crippen LogP contribution in [0.3, 0.4) is 0 Å². The van der Waals surface area contributed by atoms with Crippen molar-refractivity contribution in [1.82, 2.24) is 10.2 Å². The maximum absolute atomic E-state index is 12.4. The predicted octanol–water partition coefficient (Wildman–Crippen LogP) is 1.11. The maximum Gasteiger partial charge on any atom is 0.253 e. The van der Waals surface area contributed by atoms with Crippen LogP contribution in [0.5, 0.6) is 0 Å². The quantitative estimate of drug-likeness (QED) is 0.821. The van der Waals surface area contributed by atoms with E-state index in [0.29, 0.717) is 0 Å². The van der Waals surface area contributed by atoms with Crippen molar-refractivity contribution in [2.24, 2.45) is 0 Å². The molecule has 2 heterocycles. The zero-order valence-corrected chi connectivity index (χ0v) is 11.5. The summed E-state index contributed by atoms with van der Waals surface area (Å²) < 4.78 is 0. The number of hydrogen-bond acceptors (Lipinski definition) is 3. The molecule has 1 fully saturated rings. The van der Waals surface area contributed by atoms with E-state index in [4.69, 9.17) is 0 Å². The Morgan fingerprint density at radius 3 is 2.74 bits per heavy atom. The van der Waals surface area contributed by atoms with Gasteiger partial charge >= 0.3 is 0 Å². The fourth-order valence-corrected chi connectivity index (χ4v) is 2.92. The molecule has 1 saturated heterocycles. The summed E-state index contributed by atoms with van der Waals surface area (Å²) in [4.78, 5) is 16.6. The Kier molecular flexibility index (Phi) is 3.42. The van der Waals surface area contributed by atoms with Gasteiger partial charge in [-0.2, -0.15) is 0 Å². The number of fused-ring (bicyclic) bond motifs is 1. The van der Waals surface area contributed by atoms with Crippen LogP contribution in [0.2, 0.25) is 0 Å². The molecule has 102 valence electrons. The van der Waals surface area contributed by atoms with Gasteiger partial charge in [0.1, 0.15) is 0 Å². The number of benzene rings is 1. The smallest absolute Gasteiger partial charge is 0.253 e. The highest BCUT2D eigenvalue weighted by atomic mass is 16.2. The molecule has 1 N–H and O–H groups in total. The van der Waals surface area contributed by atoms with Crippen molar-refractivity contribution < 1.29 is 4.79 Å². The van der Waals surface area contributed by atoms with Crippen LogP contribution in [-0.2, 0) is 6.42 Å². The second-order valence-corrected chi connectivity index (χ2v) is 5.41. The van der Waals surface area contributed by atoms with E-state index in [-0.39, 0.29) is 5.91 Å². The molecule has 0 saturated carbocycles. The van der Waals surface area contributed by atoms with Crippen LogP contribution in [0.15, 0.2) is 18.2 Å². The molecule has 4 heteroatoms. The molecule has 0 unspecified atom stereocenters. The second-order valence-electron chi connectivity index (χ2n) is 5.41. The fraction of sp³-hybridized carbons (Fsp3) is 0.533. The largest absolute Gasteiger partial charge is 0.369 e. The number of nitrogens with one attached hydrogen (secondary N) is 1. The van der Waals surface area contributed by atoms with Crippen LogP contribution in [-0.4, -0.2) is 50.6 Å². The predicted molar refractivity (Wildman–Crippen MR) is 76.8 cm³/mol.